The Hall–Kier alpha value is -2.82. The summed E-state index contributed by atoms with van der Waals surface area (Å²) in [5.41, 5.74) is 3.94. The van der Waals surface area contributed by atoms with Crippen molar-refractivity contribution in [3.05, 3.63) is 59.4 Å². The van der Waals surface area contributed by atoms with E-state index in [1.54, 1.807) is 0 Å². The maximum atomic E-state index is 12.2. The van der Waals surface area contributed by atoms with E-state index in [-0.39, 0.29) is 25.2 Å². The minimum atomic E-state index is -0.281. The number of nitrogens with zero attached hydrogens (tertiary/aromatic N) is 2. The largest absolute Gasteiger partial charge is 0.485 e. The first kappa shape index (κ1) is 18.0. The number of fused-ring (bicyclic) bond motifs is 1. The Bertz CT molecular complexity index is 928. The Labute approximate surface area is 153 Å². The number of aromatic nitrogens is 2. The maximum absolute atomic E-state index is 12.2. The molecule has 1 heterocycles. The normalized spacial score (nSPS) is 11.1. The predicted molar refractivity (Wildman–Crippen MR) is 101 cm³/mol. The highest BCUT2D eigenvalue weighted by Crippen LogP contribution is 2.22. The predicted octanol–water partition coefficient (Wildman–Crippen LogP) is 4.18. The van der Waals surface area contributed by atoms with Crippen molar-refractivity contribution in [3.8, 4) is 5.75 Å². The van der Waals surface area contributed by atoms with Gasteiger partial charge >= 0.3 is 5.97 Å². The maximum Gasteiger partial charge on any atom is 0.326 e. The zero-order valence-corrected chi connectivity index (χ0v) is 15.7. The van der Waals surface area contributed by atoms with Crippen LogP contribution >= 0.6 is 0 Å². The molecule has 0 unspecified atom stereocenters. The van der Waals surface area contributed by atoms with Gasteiger partial charge in [0.15, 0.2) is 0 Å². The molecule has 3 aromatic rings. The van der Waals surface area contributed by atoms with E-state index >= 15 is 0 Å². The van der Waals surface area contributed by atoms with Gasteiger partial charge in [-0.1, -0.05) is 24.3 Å². The highest BCUT2D eigenvalue weighted by atomic mass is 16.5. The molecule has 26 heavy (non-hydrogen) atoms. The van der Waals surface area contributed by atoms with E-state index in [9.17, 15) is 4.79 Å². The molecule has 0 saturated carbocycles. The van der Waals surface area contributed by atoms with Crippen LogP contribution in [0.4, 0.5) is 0 Å². The zero-order chi connectivity index (χ0) is 18.7. The van der Waals surface area contributed by atoms with Crippen molar-refractivity contribution in [1.82, 2.24) is 9.55 Å². The molecule has 0 amide bonds. The van der Waals surface area contributed by atoms with Crippen molar-refractivity contribution < 1.29 is 14.3 Å². The van der Waals surface area contributed by atoms with Gasteiger partial charge in [-0.3, -0.25) is 4.79 Å². The van der Waals surface area contributed by atoms with Gasteiger partial charge in [0.25, 0.3) is 0 Å². The van der Waals surface area contributed by atoms with Crippen LogP contribution in [0.15, 0.2) is 42.5 Å². The number of aryl methyl sites for hydroxylation is 2. The smallest absolute Gasteiger partial charge is 0.326 e. The SMILES string of the molecule is Cc1ccc(C)c(OCc2nc3ccccc3n2CC(=O)OC(C)C)c1. The fraction of sp³-hybridized carbons (Fsp3) is 0.333. The molecule has 0 aliphatic rings. The van der Waals surface area contributed by atoms with Crippen LogP contribution in [0.2, 0.25) is 0 Å². The molecule has 5 nitrogen and oxygen atoms in total. The molecule has 0 N–H and O–H groups in total. The molecule has 2 aromatic carbocycles. The summed E-state index contributed by atoms with van der Waals surface area (Å²) in [6.45, 7) is 8.13. The van der Waals surface area contributed by atoms with Crippen molar-refractivity contribution >= 4 is 17.0 Å². The molecule has 0 radical (unpaired) electrons. The number of para-hydroxylation sites is 2. The Kier molecular flexibility index (Phi) is 5.26. The zero-order valence-electron chi connectivity index (χ0n) is 15.7. The first-order valence-corrected chi connectivity index (χ1v) is 8.77. The second kappa shape index (κ2) is 7.60. The fourth-order valence-corrected chi connectivity index (χ4v) is 2.85. The number of imidazole rings is 1. The van der Waals surface area contributed by atoms with E-state index in [4.69, 9.17) is 9.47 Å². The van der Waals surface area contributed by atoms with Gasteiger partial charge in [-0.25, -0.2) is 4.98 Å². The quantitative estimate of drug-likeness (QED) is 0.625. The third kappa shape index (κ3) is 4.04. The van der Waals surface area contributed by atoms with Crippen LogP contribution in [-0.4, -0.2) is 21.6 Å². The van der Waals surface area contributed by atoms with Gasteiger partial charge in [-0.15, -0.1) is 0 Å². The lowest BCUT2D eigenvalue weighted by Gasteiger charge is -2.13. The molecule has 5 heteroatoms. The summed E-state index contributed by atoms with van der Waals surface area (Å²) in [7, 11) is 0. The molecule has 0 aliphatic heterocycles. The fourth-order valence-electron chi connectivity index (χ4n) is 2.85. The molecule has 136 valence electrons. The number of benzene rings is 2. The van der Waals surface area contributed by atoms with Crippen molar-refractivity contribution in [2.24, 2.45) is 0 Å². The lowest BCUT2D eigenvalue weighted by atomic mass is 10.1. The van der Waals surface area contributed by atoms with Crippen LogP contribution in [0.5, 0.6) is 5.75 Å². The van der Waals surface area contributed by atoms with Crippen LogP contribution in [0.25, 0.3) is 11.0 Å². The second-order valence-corrected chi connectivity index (χ2v) is 6.70. The van der Waals surface area contributed by atoms with Gasteiger partial charge in [0.05, 0.1) is 17.1 Å². The Morgan fingerprint density at radius 3 is 2.69 bits per heavy atom. The van der Waals surface area contributed by atoms with Gasteiger partial charge in [0.1, 0.15) is 24.7 Å². The third-order valence-corrected chi connectivity index (χ3v) is 4.09. The van der Waals surface area contributed by atoms with E-state index in [0.29, 0.717) is 5.82 Å². The number of carbonyl (C=O) groups excluding carboxylic acids is 1. The molecule has 1 aromatic heterocycles. The lowest BCUT2D eigenvalue weighted by Crippen LogP contribution is -2.19. The number of rotatable bonds is 6. The molecule has 0 fully saturated rings. The number of ether oxygens (including phenoxy) is 2. The molecule has 0 spiro atoms. The highest BCUT2D eigenvalue weighted by molar-refractivity contribution is 5.79. The minimum Gasteiger partial charge on any atom is -0.485 e. The van der Waals surface area contributed by atoms with Crippen molar-refractivity contribution in [3.63, 3.8) is 0 Å². The molecule has 3 rings (SSSR count). The monoisotopic (exact) mass is 352 g/mol. The number of hydrogen-bond donors (Lipinski definition) is 0. The van der Waals surface area contributed by atoms with Crippen LogP contribution < -0.4 is 4.74 Å². The molecule has 0 saturated heterocycles. The van der Waals surface area contributed by atoms with Gasteiger partial charge in [0, 0.05) is 0 Å². The van der Waals surface area contributed by atoms with Crippen LogP contribution in [0, 0.1) is 13.8 Å². The van der Waals surface area contributed by atoms with Crippen LogP contribution in [-0.2, 0) is 22.7 Å². The minimum absolute atomic E-state index is 0.115. The Morgan fingerprint density at radius 1 is 1.15 bits per heavy atom. The van der Waals surface area contributed by atoms with Gasteiger partial charge in [0.2, 0.25) is 0 Å². The van der Waals surface area contributed by atoms with Gasteiger partial charge in [-0.05, 0) is 57.0 Å². The average Bonchev–Trinajstić information content (AvgIpc) is 2.93. The van der Waals surface area contributed by atoms with Crippen molar-refractivity contribution in [2.45, 2.75) is 47.0 Å². The van der Waals surface area contributed by atoms with Gasteiger partial charge in [-0.2, -0.15) is 0 Å². The van der Waals surface area contributed by atoms with Crippen LogP contribution in [0.3, 0.4) is 0 Å². The van der Waals surface area contributed by atoms with E-state index in [1.807, 2.05) is 68.7 Å². The van der Waals surface area contributed by atoms with Crippen molar-refractivity contribution in [1.29, 1.82) is 0 Å². The summed E-state index contributed by atoms with van der Waals surface area (Å²) in [6.07, 6.45) is -0.146. The van der Waals surface area contributed by atoms with Crippen LogP contribution in [0.1, 0.15) is 30.8 Å². The van der Waals surface area contributed by atoms with E-state index in [1.165, 1.54) is 0 Å². The highest BCUT2D eigenvalue weighted by Gasteiger charge is 2.16. The van der Waals surface area contributed by atoms with E-state index in [2.05, 4.69) is 11.1 Å². The molecule has 0 atom stereocenters. The summed E-state index contributed by atoms with van der Waals surface area (Å²) in [6, 6.07) is 13.8. The number of carbonyl (C=O) groups is 1. The molecule has 0 aliphatic carbocycles. The molecular weight excluding hydrogens is 328 g/mol. The second-order valence-electron chi connectivity index (χ2n) is 6.70. The average molecular weight is 352 g/mol. The number of hydrogen-bond acceptors (Lipinski definition) is 4. The summed E-state index contributed by atoms with van der Waals surface area (Å²) < 4.78 is 13.2. The van der Waals surface area contributed by atoms with E-state index < -0.39 is 0 Å². The summed E-state index contributed by atoms with van der Waals surface area (Å²) in [5.74, 6) is 1.25. The summed E-state index contributed by atoms with van der Waals surface area (Å²) in [4.78, 5) is 16.8. The Morgan fingerprint density at radius 2 is 1.92 bits per heavy atom. The molecular formula is C21H24N2O3. The lowest BCUT2D eigenvalue weighted by molar-refractivity contribution is -0.148. The Balaban J connectivity index is 1.88. The molecule has 0 bridgehead atoms. The topological polar surface area (TPSA) is 53.4 Å². The standard InChI is InChI=1S/C21H24N2O3/c1-14(2)26-21(24)12-23-18-8-6-5-7-17(18)22-20(23)13-25-19-11-15(3)9-10-16(19)4/h5-11,14H,12-13H2,1-4H3. The number of esters is 1. The summed E-state index contributed by atoms with van der Waals surface area (Å²) in [5, 5.41) is 0. The van der Waals surface area contributed by atoms with Crippen molar-refractivity contribution in [2.75, 3.05) is 0 Å². The summed E-state index contributed by atoms with van der Waals surface area (Å²) >= 11 is 0. The van der Waals surface area contributed by atoms with Gasteiger partial charge < -0.3 is 14.0 Å². The van der Waals surface area contributed by atoms with E-state index in [0.717, 1.165) is 27.9 Å². The third-order valence-electron chi connectivity index (χ3n) is 4.09. The first-order valence-electron chi connectivity index (χ1n) is 8.77. The first-order chi connectivity index (χ1) is 12.4.